The van der Waals surface area contributed by atoms with Gasteiger partial charge in [0, 0.05) is 5.69 Å². The minimum Gasteiger partial charge on any atom is -0.497 e. The Morgan fingerprint density at radius 3 is 2.60 bits per heavy atom. The molecule has 1 heterocycles. The SMILES string of the molecule is COc1ccc(N2CN=C(C)SC2)cc1. The molecule has 0 saturated heterocycles. The lowest BCUT2D eigenvalue weighted by Gasteiger charge is -2.26. The second-order valence-electron chi connectivity index (χ2n) is 3.33. The Bertz CT molecular complexity index is 361. The highest BCUT2D eigenvalue weighted by atomic mass is 32.2. The molecule has 2 rings (SSSR count). The maximum absolute atomic E-state index is 5.12. The van der Waals surface area contributed by atoms with Crippen LogP contribution in [0, 0.1) is 0 Å². The molecule has 15 heavy (non-hydrogen) atoms. The van der Waals surface area contributed by atoms with Gasteiger partial charge in [0.05, 0.1) is 18.0 Å². The van der Waals surface area contributed by atoms with Crippen molar-refractivity contribution in [2.24, 2.45) is 4.99 Å². The molecule has 1 aliphatic rings. The Morgan fingerprint density at radius 1 is 1.33 bits per heavy atom. The van der Waals surface area contributed by atoms with Gasteiger partial charge >= 0.3 is 0 Å². The summed E-state index contributed by atoms with van der Waals surface area (Å²) in [6, 6.07) is 8.08. The van der Waals surface area contributed by atoms with Gasteiger partial charge in [-0.05, 0) is 31.2 Å². The average Bonchev–Trinajstić information content (AvgIpc) is 2.30. The van der Waals surface area contributed by atoms with Gasteiger partial charge < -0.3 is 9.64 Å². The normalized spacial score (nSPS) is 16.1. The van der Waals surface area contributed by atoms with Crippen molar-refractivity contribution in [3.8, 4) is 5.75 Å². The van der Waals surface area contributed by atoms with Gasteiger partial charge in [-0.2, -0.15) is 0 Å². The molecule has 4 heteroatoms. The van der Waals surface area contributed by atoms with Crippen LogP contribution in [-0.2, 0) is 0 Å². The summed E-state index contributed by atoms with van der Waals surface area (Å²) < 4.78 is 5.12. The third kappa shape index (κ3) is 2.45. The topological polar surface area (TPSA) is 24.8 Å². The van der Waals surface area contributed by atoms with Crippen LogP contribution in [0.2, 0.25) is 0 Å². The van der Waals surface area contributed by atoms with Crippen molar-refractivity contribution in [2.45, 2.75) is 6.92 Å². The van der Waals surface area contributed by atoms with Gasteiger partial charge in [0.15, 0.2) is 0 Å². The Balaban J connectivity index is 2.10. The van der Waals surface area contributed by atoms with Crippen molar-refractivity contribution in [2.75, 3.05) is 24.6 Å². The highest BCUT2D eigenvalue weighted by Gasteiger charge is 2.10. The number of hydrogen-bond donors (Lipinski definition) is 0. The summed E-state index contributed by atoms with van der Waals surface area (Å²) in [5, 5.41) is 1.17. The van der Waals surface area contributed by atoms with E-state index < -0.39 is 0 Å². The molecule has 0 unspecified atom stereocenters. The summed E-state index contributed by atoms with van der Waals surface area (Å²) in [6.07, 6.45) is 0. The van der Waals surface area contributed by atoms with E-state index in [9.17, 15) is 0 Å². The fraction of sp³-hybridized carbons (Fsp3) is 0.364. The quantitative estimate of drug-likeness (QED) is 0.769. The first-order chi connectivity index (χ1) is 7.29. The molecule has 3 nitrogen and oxygen atoms in total. The molecule has 1 aliphatic heterocycles. The van der Waals surface area contributed by atoms with E-state index in [1.807, 2.05) is 12.1 Å². The first-order valence-electron chi connectivity index (χ1n) is 4.82. The lowest BCUT2D eigenvalue weighted by molar-refractivity contribution is 0.415. The maximum atomic E-state index is 5.12. The molecule has 1 aromatic carbocycles. The van der Waals surface area contributed by atoms with Crippen LogP contribution in [0.1, 0.15) is 6.92 Å². The van der Waals surface area contributed by atoms with Gasteiger partial charge in [-0.1, -0.05) is 11.8 Å². The molecule has 0 N–H and O–H groups in total. The van der Waals surface area contributed by atoms with E-state index in [0.717, 1.165) is 18.3 Å². The molecule has 0 radical (unpaired) electrons. The highest BCUT2D eigenvalue weighted by molar-refractivity contribution is 8.14. The monoisotopic (exact) mass is 222 g/mol. The van der Waals surface area contributed by atoms with Crippen LogP contribution in [0.4, 0.5) is 5.69 Å². The predicted octanol–water partition coefficient (Wildman–Crippen LogP) is 2.58. The summed E-state index contributed by atoms with van der Waals surface area (Å²) in [5.41, 5.74) is 1.19. The Kier molecular flexibility index (Phi) is 3.16. The number of aliphatic imine (C=N–C) groups is 1. The third-order valence-corrected chi connectivity index (χ3v) is 3.32. The summed E-state index contributed by atoms with van der Waals surface area (Å²) in [5.74, 6) is 1.87. The highest BCUT2D eigenvalue weighted by Crippen LogP contribution is 2.23. The number of thioether (sulfide) groups is 1. The number of benzene rings is 1. The fourth-order valence-corrected chi connectivity index (χ4v) is 2.11. The average molecular weight is 222 g/mol. The van der Waals surface area contributed by atoms with Gasteiger partial charge in [0.25, 0.3) is 0 Å². The lowest BCUT2D eigenvalue weighted by atomic mass is 10.3. The van der Waals surface area contributed by atoms with E-state index in [2.05, 4.69) is 28.9 Å². The van der Waals surface area contributed by atoms with E-state index in [4.69, 9.17) is 4.74 Å². The molecule has 0 saturated carbocycles. The second-order valence-corrected chi connectivity index (χ2v) is 4.47. The van der Waals surface area contributed by atoms with Crippen molar-refractivity contribution in [1.29, 1.82) is 0 Å². The van der Waals surface area contributed by atoms with Gasteiger partial charge in [-0.25, -0.2) is 0 Å². The number of methoxy groups -OCH3 is 1. The number of hydrogen-bond acceptors (Lipinski definition) is 4. The van der Waals surface area contributed by atoms with Crippen molar-refractivity contribution < 1.29 is 4.74 Å². The first-order valence-corrected chi connectivity index (χ1v) is 5.81. The zero-order valence-electron chi connectivity index (χ0n) is 8.93. The van der Waals surface area contributed by atoms with Crippen molar-refractivity contribution in [1.82, 2.24) is 0 Å². The minimum atomic E-state index is 0.755. The molecule has 0 aliphatic carbocycles. The molecule has 80 valence electrons. The van der Waals surface area contributed by atoms with E-state index in [1.165, 1.54) is 10.7 Å². The zero-order valence-corrected chi connectivity index (χ0v) is 9.75. The van der Waals surface area contributed by atoms with E-state index in [1.54, 1.807) is 18.9 Å². The molecule has 0 aromatic heterocycles. The zero-order chi connectivity index (χ0) is 10.7. The van der Waals surface area contributed by atoms with Crippen LogP contribution in [0.5, 0.6) is 5.75 Å². The Hall–Kier alpha value is -1.16. The Morgan fingerprint density at radius 2 is 2.07 bits per heavy atom. The molecule has 0 fully saturated rings. The molecule has 0 bridgehead atoms. The summed E-state index contributed by atoms with van der Waals surface area (Å²) >= 11 is 1.78. The summed E-state index contributed by atoms with van der Waals surface area (Å²) in [7, 11) is 1.68. The molecular weight excluding hydrogens is 208 g/mol. The maximum Gasteiger partial charge on any atom is 0.119 e. The first kappa shape index (κ1) is 10.4. The van der Waals surface area contributed by atoms with E-state index >= 15 is 0 Å². The summed E-state index contributed by atoms with van der Waals surface area (Å²) in [4.78, 5) is 6.64. The summed E-state index contributed by atoms with van der Waals surface area (Å²) in [6.45, 7) is 2.81. The molecular formula is C11H14N2OS. The van der Waals surface area contributed by atoms with Gasteiger partial charge in [-0.15, -0.1) is 0 Å². The van der Waals surface area contributed by atoms with Crippen LogP contribution < -0.4 is 9.64 Å². The largest absolute Gasteiger partial charge is 0.497 e. The van der Waals surface area contributed by atoms with Crippen LogP contribution in [-0.4, -0.2) is 24.7 Å². The van der Waals surface area contributed by atoms with Crippen LogP contribution >= 0.6 is 11.8 Å². The third-order valence-electron chi connectivity index (χ3n) is 2.33. The molecule has 1 aromatic rings. The van der Waals surface area contributed by atoms with E-state index in [0.29, 0.717) is 0 Å². The fourth-order valence-electron chi connectivity index (χ4n) is 1.39. The number of nitrogens with zero attached hydrogens (tertiary/aromatic N) is 2. The standard InChI is InChI=1S/C11H14N2OS/c1-9-12-7-13(8-15-9)10-3-5-11(14-2)6-4-10/h3-6H,7-8H2,1-2H3. The number of ether oxygens (including phenoxy) is 1. The van der Waals surface area contributed by atoms with Gasteiger partial charge in [-0.3, -0.25) is 4.99 Å². The number of anilines is 1. The lowest BCUT2D eigenvalue weighted by Crippen LogP contribution is -2.27. The predicted molar refractivity (Wildman–Crippen MR) is 65.9 cm³/mol. The number of rotatable bonds is 2. The smallest absolute Gasteiger partial charge is 0.119 e. The van der Waals surface area contributed by atoms with Gasteiger partial charge in [0.1, 0.15) is 12.4 Å². The van der Waals surface area contributed by atoms with Crippen LogP contribution in [0.25, 0.3) is 0 Å². The van der Waals surface area contributed by atoms with Crippen LogP contribution in [0.15, 0.2) is 29.3 Å². The second kappa shape index (κ2) is 4.57. The molecule has 0 atom stereocenters. The minimum absolute atomic E-state index is 0.755. The van der Waals surface area contributed by atoms with E-state index in [-0.39, 0.29) is 0 Å². The Labute approximate surface area is 94.1 Å². The molecule has 0 spiro atoms. The van der Waals surface area contributed by atoms with Crippen molar-refractivity contribution in [3.05, 3.63) is 24.3 Å². The van der Waals surface area contributed by atoms with Crippen LogP contribution in [0.3, 0.4) is 0 Å². The van der Waals surface area contributed by atoms with Gasteiger partial charge in [0.2, 0.25) is 0 Å². The molecule has 0 amide bonds. The van der Waals surface area contributed by atoms with Crippen molar-refractivity contribution in [3.63, 3.8) is 0 Å². The van der Waals surface area contributed by atoms with Crippen molar-refractivity contribution >= 4 is 22.5 Å².